The molecule has 1 heterocycles. The molecule has 1 aliphatic rings. The largest absolute Gasteiger partial charge is 0.350 e. The minimum atomic E-state index is -0.520. The second-order valence-corrected chi connectivity index (χ2v) is 6.82. The maximum absolute atomic E-state index is 13.8. The fourth-order valence-electron chi connectivity index (χ4n) is 3.07. The molecule has 0 saturated carbocycles. The lowest BCUT2D eigenvalue weighted by molar-refractivity contribution is -0.124. The van der Waals surface area contributed by atoms with E-state index in [4.69, 9.17) is 17.3 Å². The third-order valence-corrected chi connectivity index (χ3v) is 5.13. The van der Waals surface area contributed by atoms with Crippen molar-refractivity contribution in [3.8, 4) is 0 Å². The highest BCUT2D eigenvalue weighted by atomic mass is 35.5. The van der Waals surface area contributed by atoms with Crippen LogP contribution in [0.15, 0.2) is 18.2 Å². The minimum Gasteiger partial charge on any atom is -0.350 e. The molecule has 3 N–H and O–H groups in total. The summed E-state index contributed by atoms with van der Waals surface area (Å²) in [5, 5.41) is 3.15. The first-order valence-corrected chi connectivity index (χ1v) is 8.44. The second kappa shape index (κ2) is 8.99. The molecule has 136 valence electrons. The van der Waals surface area contributed by atoms with Gasteiger partial charge in [-0.1, -0.05) is 37.9 Å². The molecule has 4 unspecified atom stereocenters. The summed E-state index contributed by atoms with van der Waals surface area (Å²) >= 11 is 5.76. The van der Waals surface area contributed by atoms with Gasteiger partial charge in [0.2, 0.25) is 5.91 Å². The Labute approximate surface area is 154 Å². The molecule has 0 aromatic heterocycles. The van der Waals surface area contributed by atoms with Crippen LogP contribution in [0.5, 0.6) is 0 Å². The van der Waals surface area contributed by atoms with Gasteiger partial charge in [-0.2, -0.15) is 0 Å². The first-order valence-electron chi connectivity index (χ1n) is 8.06. The van der Waals surface area contributed by atoms with Crippen molar-refractivity contribution in [1.82, 2.24) is 10.2 Å². The van der Waals surface area contributed by atoms with Crippen LogP contribution in [0.1, 0.15) is 38.3 Å². The quantitative estimate of drug-likeness (QED) is 0.828. The van der Waals surface area contributed by atoms with Crippen LogP contribution in [-0.4, -0.2) is 36.5 Å². The third-order valence-electron chi connectivity index (χ3n) is 4.82. The number of hydrogen-bond donors (Lipinski definition) is 2. The lowest BCUT2D eigenvalue weighted by atomic mass is 9.96. The molecule has 1 aromatic rings. The summed E-state index contributed by atoms with van der Waals surface area (Å²) in [5.74, 6) is -0.453. The molecular formula is C17H26Cl2FN3O. The van der Waals surface area contributed by atoms with E-state index in [2.05, 4.69) is 10.2 Å². The average molecular weight is 378 g/mol. The van der Waals surface area contributed by atoms with Gasteiger partial charge in [-0.05, 0) is 37.1 Å². The van der Waals surface area contributed by atoms with Gasteiger partial charge in [-0.25, -0.2) is 4.39 Å². The molecule has 0 spiro atoms. The van der Waals surface area contributed by atoms with Gasteiger partial charge >= 0.3 is 0 Å². The minimum absolute atomic E-state index is 0. The average Bonchev–Trinajstić information content (AvgIpc) is 2.89. The molecule has 0 aliphatic carbocycles. The number of likely N-dealkylation sites (tertiary alicyclic amines) is 1. The number of benzene rings is 1. The summed E-state index contributed by atoms with van der Waals surface area (Å²) < 4.78 is 13.8. The van der Waals surface area contributed by atoms with Crippen LogP contribution in [0, 0.1) is 11.7 Å². The topological polar surface area (TPSA) is 58.4 Å². The summed E-state index contributed by atoms with van der Waals surface area (Å²) in [6, 6.07) is 4.14. The van der Waals surface area contributed by atoms with E-state index in [0.717, 1.165) is 24.9 Å². The van der Waals surface area contributed by atoms with Gasteiger partial charge in [0.15, 0.2) is 0 Å². The Morgan fingerprint density at radius 2 is 2.21 bits per heavy atom. The van der Waals surface area contributed by atoms with E-state index in [1.807, 2.05) is 27.0 Å². The standard InChI is InChI=1S/C17H25ClFN3O.ClH/c1-4-10(2)15(20)17(23)21-14-7-8-22(3)16(14)11-5-6-12(18)13(19)9-11;/h5-6,9-10,14-16H,4,7-8,20H2,1-3H3,(H,21,23);1H. The van der Waals surface area contributed by atoms with Crippen LogP contribution in [0.4, 0.5) is 4.39 Å². The lowest BCUT2D eigenvalue weighted by Crippen LogP contribution is -2.49. The fourth-order valence-corrected chi connectivity index (χ4v) is 3.19. The molecule has 24 heavy (non-hydrogen) atoms. The Hall–Kier alpha value is -0.880. The van der Waals surface area contributed by atoms with Gasteiger partial charge < -0.3 is 11.1 Å². The van der Waals surface area contributed by atoms with E-state index >= 15 is 0 Å². The van der Waals surface area contributed by atoms with Gasteiger partial charge in [-0.15, -0.1) is 12.4 Å². The van der Waals surface area contributed by atoms with E-state index in [9.17, 15) is 9.18 Å². The van der Waals surface area contributed by atoms with Gasteiger partial charge in [0.05, 0.1) is 17.1 Å². The summed E-state index contributed by atoms with van der Waals surface area (Å²) in [7, 11) is 1.97. The number of likely N-dealkylation sites (N-methyl/N-ethyl adjacent to an activating group) is 1. The predicted molar refractivity (Wildman–Crippen MR) is 98.0 cm³/mol. The number of halogens is 3. The Morgan fingerprint density at radius 1 is 1.54 bits per heavy atom. The van der Waals surface area contributed by atoms with E-state index in [1.165, 1.54) is 6.07 Å². The Bertz CT molecular complexity index is 573. The van der Waals surface area contributed by atoms with Crippen molar-refractivity contribution in [1.29, 1.82) is 0 Å². The van der Waals surface area contributed by atoms with Crippen molar-refractivity contribution >= 4 is 29.9 Å². The molecule has 1 aromatic carbocycles. The van der Waals surface area contributed by atoms with Crippen LogP contribution >= 0.6 is 24.0 Å². The number of rotatable bonds is 5. The summed E-state index contributed by atoms with van der Waals surface area (Å²) in [5.41, 5.74) is 6.82. The van der Waals surface area contributed by atoms with Crippen LogP contribution in [0.25, 0.3) is 0 Å². The van der Waals surface area contributed by atoms with Crippen LogP contribution in [0.2, 0.25) is 5.02 Å². The molecule has 2 rings (SSSR count). The van der Waals surface area contributed by atoms with Crippen LogP contribution in [0.3, 0.4) is 0 Å². The molecule has 1 amide bonds. The zero-order valence-corrected chi connectivity index (χ0v) is 15.8. The summed E-state index contributed by atoms with van der Waals surface area (Å²) in [6.45, 7) is 4.82. The number of nitrogens with two attached hydrogens (primary N) is 1. The fraction of sp³-hybridized carbons (Fsp3) is 0.588. The van der Waals surface area contributed by atoms with E-state index in [0.29, 0.717) is 0 Å². The SMILES string of the molecule is CCC(C)C(N)C(=O)NC1CCN(C)C1c1ccc(Cl)c(F)c1.Cl. The molecule has 7 heteroatoms. The summed E-state index contributed by atoms with van der Waals surface area (Å²) in [4.78, 5) is 14.5. The highest BCUT2D eigenvalue weighted by molar-refractivity contribution is 6.30. The Balaban J connectivity index is 0.00000288. The van der Waals surface area contributed by atoms with Crippen molar-refractivity contribution in [3.05, 3.63) is 34.6 Å². The molecule has 0 bridgehead atoms. The maximum atomic E-state index is 13.8. The van der Waals surface area contributed by atoms with Crippen LogP contribution in [-0.2, 0) is 4.79 Å². The number of carbonyl (C=O) groups excluding carboxylic acids is 1. The number of carbonyl (C=O) groups is 1. The number of nitrogens with zero attached hydrogens (tertiary/aromatic N) is 1. The first kappa shape index (κ1) is 21.2. The van der Waals surface area contributed by atoms with Crippen LogP contribution < -0.4 is 11.1 Å². The molecule has 1 fully saturated rings. The van der Waals surface area contributed by atoms with Crippen molar-refractivity contribution in [2.75, 3.05) is 13.6 Å². The van der Waals surface area contributed by atoms with Crippen molar-refractivity contribution in [3.63, 3.8) is 0 Å². The Morgan fingerprint density at radius 3 is 2.79 bits per heavy atom. The van der Waals surface area contributed by atoms with E-state index < -0.39 is 11.9 Å². The number of hydrogen-bond acceptors (Lipinski definition) is 3. The lowest BCUT2D eigenvalue weighted by Gasteiger charge is -2.28. The maximum Gasteiger partial charge on any atom is 0.237 e. The van der Waals surface area contributed by atoms with Crippen molar-refractivity contribution in [2.24, 2.45) is 11.7 Å². The molecule has 4 atom stereocenters. The van der Waals surface area contributed by atoms with Gasteiger partial charge in [0.1, 0.15) is 5.82 Å². The van der Waals surface area contributed by atoms with Gasteiger partial charge in [-0.3, -0.25) is 9.69 Å². The predicted octanol–water partition coefficient (Wildman–Crippen LogP) is 3.14. The zero-order valence-electron chi connectivity index (χ0n) is 14.3. The normalized spacial score (nSPS) is 23.4. The monoisotopic (exact) mass is 377 g/mol. The molecule has 1 saturated heterocycles. The number of amides is 1. The highest BCUT2D eigenvalue weighted by Gasteiger charge is 2.35. The summed E-state index contributed by atoms with van der Waals surface area (Å²) in [6.07, 6.45) is 1.66. The molecular weight excluding hydrogens is 352 g/mol. The first-order chi connectivity index (χ1) is 10.8. The second-order valence-electron chi connectivity index (χ2n) is 6.41. The molecule has 1 aliphatic heterocycles. The van der Waals surface area contributed by atoms with Crippen molar-refractivity contribution in [2.45, 2.75) is 44.8 Å². The van der Waals surface area contributed by atoms with E-state index in [-0.39, 0.29) is 41.3 Å². The highest BCUT2D eigenvalue weighted by Crippen LogP contribution is 2.32. The molecule has 4 nitrogen and oxygen atoms in total. The Kier molecular flexibility index (Phi) is 7.93. The van der Waals surface area contributed by atoms with E-state index in [1.54, 1.807) is 6.07 Å². The number of nitrogens with one attached hydrogen (secondary N) is 1. The zero-order chi connectivity index (χ0) is 17.1. The molecule has 0 radical (unpaired) electrons. The third kappa shape index (κ3) is 4.60. The van der Waals surface area contributed by atoms with Gasteiger partial charge in [0.25, 0.3) is 0 Å². The van der Waals surface area contributed by atoms with Gasteiger partial charge in [0, 0.05) is 12.6 Å². The van der Waals surface area contributed by atoms with Crippen molar-refractivity contribution < 1.29 is 9.18 Å². The smallest absolute Gasteiger partial charge is 0.237 e.